The first-order chi connectivity index (χ1) is 14.3. The summed E-state index contributed by atoms with van der Waals surface area (Å²) < 4.78 is 10.1. The summed E-state index contributed by atoms with van der Waals surface area (Å²) in [5.41, 5.74) is 3.09. The molecule has 0 bridgehead atoms. The highest BCUT2D eigenvalue weighted by molar-refractivity contribution is 5.95. The van der Waals surface area contributed by atoms with Crippen molar-refractivity contribution in [1.29, 1.82) is 0 Å². The number of anilines is 1. The normalized spacial score (nSPS) is 10.1. The van der Waals surface area contributed by atoms with Gasteiger partial charge in [-0.1, -0.05) is 12.1 Å². The third-order valence-electron chi connectivity index (χ3n) is 4.20. The van der Waals surface area contributed by atoms with Crippen molar-refractivity contribution in [2.45, 2.75) is 13.8 Å². The molecule has 0 aliphatic rings. The Labute approximate surface area is 174 Å². The van der Waals surface area contributed by atoms with E-state index in [0.717, 1.165) is 11.1 Å². The number of nitrogens with zero attached hydrogens (tertiary/aromatic N) is 1. The van der Waals surface area contributed by atoms with E-state index in [2.05, 4.69) is 5.32 Å². The van der Waals surface area contributed by atoms with Gasteiger partial charge in [0, 0.05) is 18.3 Å². The van der Waals surface area contributed by atoms with Crippen molar-refractivity contribution in [3.8, 4) is 5.75 Å². The van der Waals surface area contributed by atoms with Crippen LogP contribution in [0.3, 0.4) is 0 Å². The van der Waals surface area contributed by atoms with Gasteiger partial charge in [-0.3, -0.25) is 14.4 Å². The second-order valence-electron chi connectivity index (χ2n) is 6.75. The van der Waals surface area contributed by atoms with Gasteiger partial charge in [0.1, 0.15) is 12.0 Å². The molecule has 0 saturated heterocycles. The summed E-state index contributed by atoms with van der Waals surface area (Å²) in [6.07, 6.45) is 0.697. The topological polar surface area (TPSA) is 102 Å². The number of rotatable bonds is 9. The second-order valence-corrected chi connectivity index (χ2v) is 6.75. The van der Waals surface area contributed by atoms with Crippen LogP contribution in [0.2, 0.25) is 0 Å². The summed E-state index contributed by atoms with van der Waals surface area (Å²) >= 11 is 0. The molecule has 2 amide bonds. The molecule has 8 heteroatoms. The Morgan fingerprint density at radius 3 is 2.40 bits per heavy atom. The average Bonchev–Trinajstić information content (AvgIpc) is 2.73. The SMILES string of the molecule is Cc1ccc(C)c(NC(=O)CN(C)C(=O)COC(=O)COc2ccc(C=O)cc2)c1. The van der Waals surface area contributed by atoms with E-state index in [1.807, 2.05) is 32.0 Å². The largest absolute Gasteiger partial charge is 0.482 e. The molecule has 0 aliphatic carbocycles. The molecular formula is C22H24N2O6. The van der Waals surface area contributed by atoms with E-state index in [1.165, 1.54) is 11.9 Å². The van der Waals surface area contributed by atoms with E-state index in [4.69, 9.17) is 9.47 Å². The number of carbonyl (C=O) groups excluding carboxylic acids is 4. The van der Waals surface area contributed by atoms with Crippen molar-refractivity contribution >= 4 is 29.8 Å². The molecule has 158 valence electrons. The molecule has 2 aromatic rings. The van der Waals surface area contributed by atoms with Crippen molar-refractivity contribution in [3.63, 3.8) is 0 Å². The summed E-state index contributed by atoms with van der Waals surface area (Å²) in [6, 6.07) is 11.9. The molecule has 2 rings (SSSR count). The Balaban J connectivity index is 1.73. The van der Waals surface area contributed by atoms with E-state index in [9.17, 15) is 19.2 Å². The zero-order valence-corrected chi connectivity index (χ0v) is 17.1. The molecule has 0 aliphatic heterocycles. The smallest absolute Gasteiger partial charge is 0.344 e. The van der Waals surface area contributed by atoms with Crippen LogP contribution in [0.1, 0.15) is 21.5 Å². The van der Waals surface area contributed by atoms with Gasteiger partial charge in [0.15, 0.2) is 13.2 Å². The molecule has 0 unspecified atom stereocenters. The Morgan fingerprint density at radius 1 is 1.03 bits per heavy atom. The predicted molar refractivity (Wildman–Crippen MR) is 110 cm³/mol. The number of amides is 2. The first-order valence-electron chi connectivity index (χ1n) is 9.23. The number of benzene rings is 2. The van der Waals surface area contributed by atoms with Crippen LogP contribution >= 0.6 is 0 Å². The maximum absolute atomic E-state index is 12.2. The summed E-state index contributed by atoms with van der Waals surface area (Å²) in [7, 11) is 1.45. The van der Waals surface area contributed by atoms with Gasteiger partial charge in [0.2, 0.25) is 5.91 Å². The van der Waals surface area contributed by atoms with Crippen molar-refractivity contribution in [3.05, 3.63) is 59.2 Å². The van der Waals surface area contributed by atoms with Gasteiger partial charge >= 0.3 is 5.97 Å². The van der Waals surface area contributed by atoms with E-state index in [1.54, 1.807) is 24.3 Å². The zero-order chi connectivity index (χ0) is 22.1. The molecule has 0 radical (unpaired) electrons. The van der Waals surface area contributed by atoms with Crippen LogP contribution in [0.25, 0.3) is 0 Å². The molecule has 8 nitrogen and oxygen atoms in total. The fraction of sp³-hybridized carbons (Fsp3) is 0.273. The molecule has 2 aromatic carbocycles. The molecular weight excluding hydrogens is 388 g/mol. The highest BCUT2D eigenvalue weighted by Gasteiger charge is 2.16. The number of hydrogen-bond acceptors (Lipinski definition) is 6. The summed E-state index contributed by atoms with van der Waals surface area (Å²) in [4.78, 5) is 47.8. The predicted octanol–water partition coefficient (Wildman–Crippen LogP) is 2.14. The molecule has 0 spiro atoms. The molecule has 1 N–H and O–H groups in total. The number of carbonyl (C=O) groups is 4. The van der Waals surface area contributed by atoms with E-state index in [0.29, 0.717) is 23.3 Å². The number of likely N-dealkylation sites (N-methyl/N-ethyl adjacent to an activating group) is 1. The highest BCUT2D eigenvalue weighted by atomic mass is 16.6. The average molecular weight is 412 g/mol. The Bertz CT molecular complexity index is 924. The molecule has 0 saturated carbocycles. The van der Waals surface area contributed by atoms with Gasteiger partial charge in [0.05, 0.1) is 6.54 Å². The van der Waals surface area contributed by atoms with Crippen molar-refractivity contribution in [1.82, 2.24) is 4.90 Å². The van der Waals surface area contributed by atoms with Crippen LogP contribution in [-0.2, 0) is 19.1 Å². The number of nitrogens with one attached hydrogen (secondary N) is 1. The lowest BCUT2D eigenvalue weighted by molar-refractivity contribution is -0.153. The molecule has 30 heavy (non-hydrogen) atoms. The Kier molecular flexibility index (Phi) is 8.10. The summed E-state index contributed by atoms with van der Waals surface area (Å²) in [5, 5.41) is 2.77. The van der Waals surface area contributed by atoms with Gasteiger partial charge < -0.3 is 19.7 Å². The van der Waals surface area contributed by atoms with Crippen LogP contribution in [-0.4, -0.2) is 55.8 Å². The van der Waals surface area contributed by atoms with Crippen molar-refractivity contribution in [2.24, 2.45) is 0 Å². The number of aldehydes is 1. The minimum absolute atomic E-state index is 0.177. The van der Waals surface area contributed by atoms with Gasteiger partial charge in [-0.15, -0.1) is 0 Å². The van der Waals surface area contributed by atoms with E-state index in [-0.39, 0.29) is 19.1 Å². The number of hydrogen-bond donors (Lipinski definition) is 1. The molecule has 0 fully saturated rings. The maximum atomic E-state index is 12.2. The molecule has 0 heterocycles. The molecule has 0 atom stereocenters. The monoisotopic (exact) mass is 412 g/mol. The second kappa shape index (κ2) is 10.8. The fourth-order valence-corrected chi connectivity index (χ4v) is 2.44. The number of esters is 1. The summed E-state index contributed by atoms with van der Waals surface area (Å²) in [6.45, 7) is 2.73. The zero-order valence-electron chi connectivity index (χ0n) is 17.1. The third-order valence-corrected chi connectivity index (χ3v) is 4.20. The third kappa shape index (κ3) is 7.05. The fourth-order valence-electron chi connectivity index (χ4n) is 2.44. The van der Waals surface area contributed by atoms with Crippen LogP contribution in [0.5, 0.6) is 5.75 Å². The maximum Gasteiger partial charge on any atom is 0.344 e. The Morgan fingerprint density at radius 2 is 1.73 bits per heavy atom. The van der Waals surface area contributed by atoms with Crippen LogP contribution in [0, 0.1) is 13.8 Å². The molecule has 0 aromatic heterocycles. The quantitative estimate of drug-likeness (QED) is 0.500. The van der Waals surface area contributed by atoms with Crippen LogP contribution in [0.15, 0.2) is 42.5 Å². The van der Waals surface area contributed by atoms with Gasteiger partial charge in [0.25, 0.3) is 5.91 Å². The van der Waals surface area contributed by atoms with Crippen LogP contribution in [0.4, 0.5) is 5.69 Å². The van der Waals surface area contributed by atoms with E-state index >= 15 is 0 Å². The standard InChI is InChI=1S/C22H24N2O6/c1-15-4-5-16(2)19(10-15)23-20(26)11-24(3)21(27)13-30-22(28)14-29-18-8-6-17(12-25)7-9-18/h4-10,12H,11,13-14H2,1-3H3,(H,23,26). The lowest BCUT2D eigenvalue weighted by atomic mass is 10.1. The van der Waals surface area contributed by atoms with Gasteiger partial charge in [-0.2, -0.15) is 0 Å². The minimum Gasteiger partial charge on any atom is -0.482 e. The van der Waals surface area contributed by atoms with Gasteiger partial charge in [-0.05, 0) is 55.3 Å². The van der Waals surface area contributed by atoms with Crippen molar-refractivity contribution in [2.75, 3.05) is 32.1 Å². The van der Waals surface area contributed by atoms with Crippen LogP contribution < -0.4 is 10.1 Å². The lowest BCUT2D eigenvalue weighted by Crippen LogP contribution is -2.37. The number of ether oxygens (including phenoxy) is 2. The minimum atomic E-state index is -0.726. The highest BCUT2D eigenvalue weighted by Crippen LogP contribution is 2.16. The lowest BCUT2D eigenvalue weighted by Gasteiger charge is -2.17. The van der Waals surface area contributed by atoms with Gasteiger partial charge in [-0.25, -0.2) is 4.79 Å². The first kappa shape index (κ1) is 22.6. The van der Waals surface area contributed by atoms with E-state index < -0.39 is 18.5 Å². The Hall–Kier alpha value is -3.68. The van der Waals surface area contributed by atoms with Crippen molar-refractivity contribution < 1.29 is 28.7 Å². The first-order valence-corrected chi connectivity index (χ1v) is 9.23. The summed E-state index contributed by atoms with van der Waals surface area (Å²) in [5.74, 6) is -1.21. The number of aryl methyl sites for hydroxylation is 2.